The van der Waals surface area contributed by atoms with Gasteiger partial charge in [-0.05, 0) is 69.0 Å². The number of ketones is 1. The number of likely N-dealkylation sites (N-methyl/N-ethyl adjacent to an activating group) is 1. The summed E-state index contributed by atoms with van der Waals surface area (Å²) in [5.74, 6) is 0.215. The average Bonchev–Trinajstić information content (AvgIpc) is 3.33. The molecule has 0 N–H and O–H groups in total. The van der Waals surface area contributed by atoms with Gasteiger partial charge in [0, 0.05) is 39.7 Å². The fourth-order valence-electron chi connectivity index (χ4n) is 3.96. The molecule has 3 heterocycles. The molecule has 1 aliphatic rings. The normalized spacial score (nSPS) is 13.5. The van der Waals surface area contributed by atoms with Crippen molar-refractivity contribution >= 4 is 50.4 Å². The standard InChI is InChI=1S/C16H16N2S2.C10H12OS/c1-10-15(11-7-8-18(2)9-14(11)19-10)16-17-12-5-3-4-6-13(12)20-16;1-8(11)7-9-3-5-10(12-2)6-4-9/h3-6H,7-9H2,1-2H3;3-6H,7H2,1-2H3. The first kappa shape index (κ1) is 23.2. The second-order valence-electron chi connectivity index (χ2n) is 8.14. The molecule has 2 aromatic heterocycles. The van der Waals surface area contributed by atoms with Gasteiger partial charge in [0.2, 0.25) is 0 Å². The number of para-hydroxylation sites is 1. The second-order valence-corrected chi connectivity index (χ2v) is 11.4. The number of aryl methyl sites for hydroxylation is 1. The van der Waals surface area contributed by atoms with Crippen LogP contribution in [0.3, 0.4) is 0 Å². The molecule has 32 heavy (non-hydrogen) atoms. The molecule has 4 aromatic rings. The van der Waals surface area contributed by atoms with Gasteiger partial charge in [0.15, 0.2) is 0 Å². The van der Waals surface area contributed by atoms with Crippen LogP contribution < -0.4 is 0 Å². The maximum atomic E-state index is 10.8. The molecule has 3 nitrogen and oxygen atoms in total. The monoisotopic (exact) mass is 480 g/mol. The quantitative estimate of drug-likeness (QED) is 0.299. The molecule has 0 aliphatic carbocycles. The summed E-state index contributed by atoms with van der Waals surface area (Å²) >= 11 is 5.49. The summed E-state index contributed by atoms with van der Waals surface area (Å²) in [7, 11) is 2.20. The van der Waals surface area contributed by atoms with Gasteiger partial charge < -0.3 is 4.90 Å². The number of thioether (sulfide) groups is 1. The van der Waals surface area contributed by atoms with Gasteiger partial charge in [-0.1, -0.05) is 24.3 Å². The number of benzene rings is 2. The van der Waals surface area contributed by atoms with E-state index in [1.165, 1.54) is 29.9 Å². The lowest BCUT2D eigenvalue weighted by Gasteiger charge is -2.22. The van der Waals surface area contributed by atoms with E-state index in [2.05, 4.69) is 43.1 Å². The van der Waals surface area contributed by atoms with Crippen LogP contribution in [0.15, 0.2) is 53.4 Å². The Balaban J connectivity index is 0.000000176. The van der Waals surface area contributed by atoms with Gasteiger partial charge in [0.05, 0.1) is 10.2 Å². The van der Waals surface area contributed by atoms with E-state index in [1.807, 2.05) is 53.2 Å². The largest absolute Gasteiger partial charge is 0.301 e. The molecule has 0 amide bonds. The molecule has 0 bridgehead atoms. The number of carbonyl (C=O) groups is 1. The minimum Gasteiger partial charge on any atom is -0.301 e. The van der Waals surface area contributed by atoms with Gasteiger partial charge in [-0.25, -0.2) is 4.98 Å². The molecule has 2 aromatic carbocycles. The zero-order valence-corrected chi connectivity index (χ0v) is 21.4. The van der Waals surface area contributed by atoms with Crippen molar-refractivity contribution < 1.29 is 4.79 Å². The molecule has 0 saturated heterocycles. The van der Waals surface area contributed by atoms with E-state index in [0.717, 1.165) is 30.6 Å². The molecule has 0 radical (unpaired) electrons. The lowest BCUT2D eigenvalue weighted by molar-refractivity contribution is -0.116. The van der Waals surface area contributed by atoms with Crippen LogP contribution in [0.2, 0.25) is 0 Å². The van der Waals surface area contributed by atoms with Crippen LogP contribution in [0.5, 0.6) is 0 Å². The van der Waals surface area contributed by atoms with Crippen LogP contribution in [0.25, 0.3) is 20.8 Å². The fraction of sp³-hybridized carbons (Fsp3) is 0.308. The van der Waals surface area contributed by atoms with E-state index in [1.54, 1.807) is 24.2 Å². The first-order valence-corrected chi connectivity index (χ1v) is 13.6. The maximum absolute atomic E-state index is 10.8. The van der Waals surface area contributed by atoms with Crippen molar-refractivity contribution in [3.8, 4) is 10.6 Å². The van der Waals surface area contributed by atoms with Gasteiger partial charge in [-0.2, -0.15) is 0 Å². The van der Waals surface area contributed by atoms with Crippen LogP contribution >= 0.6 is 34.4 Å². The predicted octanol–water partition coefficient (Wildman–Crippen LogP) is 6.86. The van der Waals surface area contributed by atoms with Crippen molar-refractivity contribution in [3.63, 3.8) is 0 Å². The van der Waals surface area contributed by atoms with Crippen molar-refractivity contribution in [2.24, 2.45) is 0 Å². The van der Waals surface area contributed by atoms with Gasteiger partial charge in [0.1, 0.15) is 10.8 Å². The van der Waals surface area contributed by atoms with E-state index in [4.69, 9.17) is 4.98 Å². The van der Waals surface area contributed by atoms with Crippen LogP contribution in [-0.4, -0.2) is 35.5 Å². The number of aromatic nitrogens is 1. The third kappa shape index (κ3) is 5.31. The molecule has 166 valence electrons. The summed E-state index contributed by atoms with van der Waals surface area (Å²) < 4.78 is 1.29. The number of nitrogens with zero attached hydrogens (tertiary/aromatic N) is 2. The highest BCUT2D eigenvalue weighted by molar-refractivity contribution is 7.98. The molecule has 0 saturated carbocycles. The molecule has 0 spiro atoms. The Hall–Kier alpha value is -1.99. The third-order valence-corrected chi connectivity index (χ3v) is 8.47. The lowest BCUT2D eigenvalue weighted by atomic mass is 10.0. The number of thiazole rings is 1. The van der Waals surface area contributed by atoms with Crippen LogP contribution in [0.1, 0.15) is 27.8 Å². The van der Waals surface area contributed by atoms with Crippen molar-refractivity contribution in [1.29, 1.82) is 0 Å². The lowest BCUT2D eigenvalue weighted by Crippen LogP contribution is -2.25. The first-order valence-electron chi connectivity index (χ1n) is 10.7. The highest BCUT2D eigenvalue weighted by Gasteiger charge is 2.23. The number of carbonyl (C=O) groups excluding carboxylic acids is 1. The first-order chi connectivity index (χ1) is 15.4. The fourth-order valence-corrected chi connectivity index (χ4v) is 6.83. The van der Waals surface area contributed by atoms with E-state index in [-0.39, 0.29) is 5.78 Å². The Labute approximate surface area is 202 Å². The van der Waals surface area contributed by atoms with Crippen molar-refractivity contribution in [2.75, 3.05) is 19.8 Å². The zero-order valence-electron chi connectivity index (χ0n) is 19.0. The smallest absolute Gasteiger partial charge is 0.134 e. The zero-order chi connectivity index (χ0) is 22.7. The van der Waals surface area contributed by atoms with Crippen LogP contribution in [-0.2, 0) is 24.2 Å². The highest BCUT2D eigenvalue weighted by atomic mass is 32.2. The van der Waals surface area contributed by atoms with Crippen LogP contribution in [0, 0.1) is 6.92 Å². The number of fused-ring (bicyclic) bond motifs is 2. The van der Waals surface area contributed by atoms with Gasteiger partial charge in [0.25, 0.3) is 0 Å². The Morgan fingerprint density at radius 1 is 1.12 bits per heavy atom. The Kier molecular flexibility index (Phi) is 7.46. The SMILES string of the molecule is CSc1ccc(CC(C)=O)cc1.Cc1sc2c(c1-c1nc3ccccc3s1)CCN(C)C2. The summed E-state index contributed by atoms with van der Waals surface area (Å²) in [5.41, 5.74) is 5.18. The summed E-state index contributed by atoms with van der Waals surface area (Å²) in [4.78, 5) is 22.2. The van der Waals surface area contributed by atoms with Gasteiger partial charge in [-0.3, -0.25) is 4.79 Å². The highest BCUT2D eigenvalue weighted by Crippen LogP contribution is 2.41. The summed E-state index contributed by atoms with van der Waals surface area (Å²) in [6.45, 7) is 6.10. The van der Waals surface area contributed by atoms with E-state index >= 15 is 0 Å². The summed E-state index contributed by atoms with van der Waals surface area (Å²) in [5, 5.41) is 1.20. The Morgan fingerprint density at radius 3 is 2.56 bits per heavy atom. The molecule has 0 unspecified atom stereocenters. The molecule has 1 aliphatic heterocycles. The summed E-state index contributed by atoms with van der Waals surface area (Å²) in [6.07, 6.45) is 3.75. The van der Waals surface area contributed by atoms with Crippen LogP contribution in [0.4, 0.5) is 0 Å². The average molecular weight is 481 g/mol. The Morgan fingerprint density at radius 2 is 1.88 bits per heavy atom. The number of hydrogen-bond acceptors (Lipinski definition) is 6. The molecular weight excluding hydrogens is 453 g/mol. The molecular formula is C26H28N2OS3. The van der Waals surface area contributed by atoms with Crippen molar-refractivity contribution in [2.45, 2.75) is 38.1 Å². The number of rotatable bonds is 4. The molecule has 0 atom stereocenters. The number of Topliss-reactive ketones (excluding diaryl/α,β-unsaturated/α-hetero) is 1. The minimum atomic E-state index is 0.215. The second kappa shape index (κ2) is 10.3. The number of thiophene rings is 1. The number of hydrogen-bond donors (Lipinski definition) is 0. The summed E-state index contributed by atoms with van der Waals surface area (Å²) in [6, 6.07) is 16.5. The van der Waals surface area contributed by atoms with E-state index in [9.17, 15) is 4.79 Å². The van der Waals surface area contributed by atoms with Crippen molar-refractivity contribution in [1.82, 2.24) is 9.88 Å². The third-order valence-electron chi connectivity index (χ3n) is 5.54. The predicted molar refractivity (Wildman–Crippen MR) is 140 cm³/mol. The topological polar surface area (TPSA) is 33.2 Å². The molecule has 0 fully saturated rings. The Bertz CT molecular complexity index is 1190. The van der Waals surface area contributed by atoms with Crippen molar-refractivity contribution in [3.05, 3.63) is 69.4 Å². The van der Waals surface area contributed by atoms with Gasteiger partial charge in [-0.15, -0.1) is 34.4 Å². The van der Waals surface area contributed by atoms with Gasteiger partial charge >= 0.3 is 0 Å². The molecule has 5 rings (SSSR count). The maximum Gasteiger partial charge on any atom is 0.134 e. The van der Waals surface area contributed by atoms with E-state index in [0.29, 0.717) is 6.42 Å². The molecule has 6 heteroatoms. The minimum absolute atomic E-state index is 0.215. The van der Waals surface area contributed by atoms with E-state index < -0.39 is 0 Å².